The minimum atomic E-state index is 0.304. The molecule has 0 aliphatic carbocycles. The van der Waals surface area contributed by atoms with Crippen LogP contribution in [0.5, 0.6) is 0 Å². The highest BCUT2D eigenvalue weighted by Crippen LogP contribution is 2.03. The van der Waals surface area contributed by atoms with Crippen molar-refractivity contribution in [3.8, 4) is 0 Å². The molecule has 0 spiro atoms. The fourth-order valence-electron chi connectivity index (χ4n) is 1.03. The van der Waals surface area contributed by atoms with Crippen molar-refractivity contribution in [2.24, 2.45) is 5.73 Å². The van der Waals surface area contributed by atoms with Crippen molar-refractivity contribution in [2.45, 2.75) is 45.1 Å². The summed E-state index contributed by atoms with van der Waals surface area (Å²) in [7, 11) is 0. The summed E-state index contributed by atoms with van der Waals surface area (Å²) in [5, 5.41) is 8.47. The summed E-state index contributed by atoms with van der Waals surface area (Å²) >= 11 is 0. The van der Waals surface area contributed by atoms with Crippen LogP contribution >= 0.6 is 0 Å². The number of aliphatic hydroxyl groups is 1. The van der Waals surface area contributed by atoms with E-state index in [0.717, 1.165) is 25.7 Å². The van der Waals surface area contributed by atoms with Crippen LogP contribution < -0.4 is 5.73 Å². The van der Waals surface area contributed by atoms with Gasteiger partial charge in [0.15, 0.2) is 0 Å². The summed E-state index contributed by atoms with van der Waals surface area (Å²) in [4.78, 5) is 0. The molecule has 0 aromatic rings. The first-order valence-electron chi connectivity index (χ1n) is 4.17. The van der Waals surface area contributed by atoms with Gasteiger partial charge in [-0.25, -0.2) is 0 Å². The van der Waals surface area contributed by atoms with Gasteiger partial charge in [-0.1, -0.05) is 13.3 Å². The van der Waals surface area contributed by atoms with E-state index in [-0.39, 0.29) is 0 Å². The van der Waals surface area contributed by atoms with E-state index in [2.05, 4.69) is 6.92 Å². The molecule has 0 aliphatic rings. The van der Waals surface area contributed by atoms with Gasteiger partial charge in [0, 0.05) is 12.6 Å². The molecule has 0 amide bonds. The topological polar surface area (TPSA) is 46.2 Å². The third-order valence-corrected chi connectivity index (χ3v) is 1.64. The number of aliphatic hydroxyl groups excluding tert-OH is 1. The van der Waals surface area contributed by atoms with E-state index in [9.17, 15) is 0 Å². The normalized spacial score (nSPS) is 13.5. The molecule has 0 radical (unpaired) electrons. The smallest absolute Gasteiger partial charge is 0.0431 e. The van der Waals surface area contributed by atoms with Crippen LogP contribution in [0.1, 0.15) is 39.0 Å². The maximum absolute atomic E-state index is 8.47. The van der Waals surface area contributed by atoms with E-state index in [1.54, 1.807) is 0 Å². The Morgan fingerprint density at radius 1 is 1.30 bits per heavy atom. The van der Waals surface area contributed by atoms with Gasteiger partial charge in [-0.15, -0.1) is 0 Å². The summed E-state index contributed by atoms with van der Waals surface area (Å²) in [5.41, 5.74) is 5.74. The first-order valence-corrected chi connectivity index (χ1v) is 4.17. The molecule has 0 bridgehead atoms. The number of rotatable bonds is 6. The lowest BCUT2D eigenvalue weighted by Crippen LogP contribution is -2.19. The van der Waals surface area contributed by atoms with Gasteiger partial charge < -0.3 is 10.8 Å². The predicted octanol–water partition coefficient (Wildman–Crippen LogP) is 1.28. The van der Waals surface area contributed by atoms with Crippen molar-refractivity contribution in [1.82, 2.24) is 0 Å². The monoisotopic (exact) mass is 145 g/mol. The first kappa shape index (κ1) is 9.92. The molecule has 0 saturated heterocycles. The molecule has 0 saturated carbocycles. The third kappa shape index (κ3) is 6.05. The highest BCUT2D eigenvalue weighted by Gasteiger charge is 1.98. The van der Waals surface area contributed by atoms with Crippen LogP contribution in [-0.2, 0) is 0 Å². The number of unbranched alkanes of at least 4 members (excludes halogenated alkanes) is 1. The van der Waals surface area contributed by atoms with Crippen LogP contribution in [0.3, 0.4) is 0 Å². The lowest BCUT2D eigenvalue weighted by atomic mass is 10.1. The molecule has 2 heteroatoms. The zero-order valence-corrected chi connectivity index (χ0v) is 6.84. The SMILES string of the molecule is CCC[C@H](N)CCCCO. The largest absolute Gasteiger partial charge is 0.396 e. The highest BCUT2D eigenvalue weighted by molar-refractivity contribution is 4.59. The lowest BCUT2D eigenvalue weighted by Gasteiger charge is -2.08. The minimum Gasteiger partial charge on any atom is -0.396 e. The second-order valence-corrected chi connectivity index (χ2v) is 2.77. The summed E-state index contributed by atoms with van der Waals surface area (Å²) in [5.74, 6) is 0. The maximum Gasteiger partial charge on any atom is 0.0431 e. The Morgan fingerprint density at radius 2 is 2.00 bits per heavy atom. The maximum atomic E-state index is 8.47. The standard InChI is InChI=1S/C8H19NO/c1-2-5-8(9)6-3-4-7-10/h8,10H,2-7,9H2,1H3/t8-/m0/s1. The average molecular weight is 145 g/mol. The van der Waals surface area contributed by atoms with Gasteiger partial charge in [0.05, 0.1) is 0 Å². The third-order valence-electron chi connectivity index (χ3n) is 1.64. The Hall–Kier alpha value is -0.0800. The highest BCUT2D eigenvalue weighted by atomic mass is 16.2. The Balaban J connectivity index is 2.97. The van der Waals surface area contributed by atoms with E-state index >= 15 is 0 Å². The number of hydrogen-bond acceptors (Lipinski definition) is 2. The van der Waals surface area contributed by atoms with Crippen molar-refractivity contribution < 1.29 is 5.11 Å². The van der Waals surface area contributed by atoms with Crippen LogP contribution in [0, 0.1) is 0 Å². The molecule has 2 nitrogen and oxygen atoms in total. The molecular weight excluding hydrogens is 126 g/mol. The van der Waals surface area contributed by atoms with Gasteiger partial charge >= 0.3 is 0 Å². The molecule has 3 N–H and O–H groups in total. The van der Waals surface area contributed by atoms with Gasteiger partial charge in [-0.3, -0.25) is 0 Å². The van der Waals surface area contributed by atoms with Crippen LogP contribution in [0.15, 0.2) is 0 Å². The van der Waals surface area contributed by atoms with Crippen molar-refractivity contribution in [2.75, 3.05) is 6.61 Å². The lowest BCUT2D eigenvalue weighted by molar-refractivity contribution is 0.280. The quantitative estimate of drug-likeness (QED) is 0.553. The summed E-state index contributed by atoms with van der Waals surface area (Å²) in [6.45, 7) is 2.45. The molecule has 0 aliphatic heterocycles. The van der Waals surface area contributed by atoms with Crippen LogP contribution in [0.2, 0.25) is 0 Å². The van der Waals surface area contributed by atoms with Crippen LogP contribution in [0.25, 0.3) is 0 Å². The van der Waals surface area contributed by atoms with Gasteiger partial charge in [0.2, 0.25) is 0 Å². The van der Waals surface area contributed by atoms with E-state index in [1.807, 2.05) is 0 Å². The minimum absolute atomic E-state index is 0.304. The fraction of sp³-hybridized carbons (Fsp3) is 1.00. The molecule has 0 rings (SSSR count). The Labute approximate surface area is 63.4 Å². The van der Waals surface area contributed by atoms with Crippen LogP contribution in [0.4, 0.5) is 0 Å². The number of hydrogen-bond donors (Lipinski definition) is 2. The second kappa shape index (κ2) is 7.03. The van der Waals surface area contributed by atoms with E-state index in [1.165, 1.54) is 6.42 Å². The summed E-state index contributed by atoms with van der Waals surface area (Å²) in [6, 6.07) is 0.358. The fourth-order valence-corrected chi connectivity index (χ4v) is 1.03. The first-order chi connectivity index (χ1) is 4.81. The Kier molecular flexibility index (Phi) is 6.98. The van der Waals surface area contributed by atoms with Crippen molar-refractivity contribution in [1.29, 1.82) is 0 Å². The van der Waals surface area contributed by atoms with Gasteiger partial charge in [-0.2, -0.15) is 0 Å². The zero-order chi connectivity index (χ0) is 7.82. The predicted molar refractivity (Wildman–Crippen MR) is 43.8 cm³/mol. The molecular formula is C8H19NO. The Morgan fingerprint density at radius 3 is 2.50 bits per heavy atom. The summed E-state index contributed by atoms with van der Waals surface area (Å²) < 4.78 is 0. The summed E-state index contributed by atoms with van der Waals surface area (Å²) in [6.07, 6.45) is 5.31. The molecule has 0 aromatic carbocycles. The van der Waals surface area contributed by atoms with Crippen molar-refractivity contribution in [3.05, 3.63) is 0 Å². The second-order valence-electron chi connectivity index (χ2n) is 2.77. The van der Waals surface area contributed by atoms with E-state index < -0.39 is 0 Å². The molecule has 10 heavy (non-hydrogen) atoms. The van der Waals surface area contributed by atoms with E-state index in [0.29, 0.717) is 12.6 Å². The van der Waals surface area contributed by atoms with E-state index in [4.69, 9.17) is 10.8 Å². The van der Waals surface area contributed by atoms with Gasteiger partial charge in [0.1, 0.15) is 0 Å². The molecule has 62 valence electrons. The average Bonchev–Trinajstić information content (AvgIpc) is 1.89. The van der Waals surface area contributed by atoms with Gasteiger partial charge in [-0.05, 0) is 25.7 Å². The van der Waals surface area contributed by atoms with Crippen molar-refractivity contribution in [3.63, 3.8) is 0 Å². The molecule has 0 heterocycles. The van der Waals surface area contributed by atoms with Gasteiger partial charge in [0.25, 0.3) is 0 Å². The Bertz CT molecular complexity index is 66.3. The molecule has 0 unspecified atom stereocenters. The molecule has 0 fully saturated rings. The molecule has 1 atom stereocenters. The molecule has 0 aromatic heterocycles. The van der Waals surface area contributed by atoms with Crippen LogP contribution in [-0.4, -0.2) is 17.8 Å². The number of nitrogens with two attached hydrogens (primary N) is 1. The van der Waals surface area contributed by atoms with Crippen molar-refractivity contribution >= 4 is 0 Å². The zero-order valence-electron chi connectivity index (χ0n) is 6.84.